The van der Waals surface area contributed by atoms with Gasteiger partial charge in [0.15, 0.2) is 12.2 Å². The van der Waals surface area contributed by atoms with Crippen LogP contribution in [0.2, 0.25) is 0 Å². The van der Waals surface area contributed by atoms with Crippen molar-refractivity contribution in [2.45, 2.75) is 24.9 Å². The highest BCUT2D eigenvalue weighted by Crippen LogP contribution is 2.23. The lowest BCUT2D eigenvalue weighted by molar-refractivity contribution is -0.129. The molecular weight excluding hydrogens is 282 g/mol. The second kappa shape index (κ2) is 6.29. The van der Waals surface area contributed by atoms with Gasteiger partial charge in [0.05, 0.1) is 12.1 Å². The molecule has 6 nitrogen and oxygen atoms in total. The van der Waals surface area contributed by atoms with Gasteiger partial charge in [0.1, 0.15) is 5.69 Å². The Morgan fingerprint density at radius 1 is 1.27 bits per heavy atom. The molecular formula is C16H19N3O3. The Kier molecular flexibility index (Phi) is 4.22. The fourth-order valence-electron chi connectivity index (χ4n) is 2.52. The Morgan fingerprint density at radius 3 is 2.73 bits per heavy atom. The maximum atomic E-state index is 12.3. The molecule has 22 heavy (non-hydrogen) atoms. The summed E-state index contributed by atoms with van der Waals surface area (Å²) in [7, 11) is 0. The van der Waals surface area contributed by atoms with E-state index in [1.165, 1.54) is 6.39 Å². The molecule has 2 aromatic rings. The Balaban J connectivity index is 1.67. The van der Waals surface area contributed by atoms with Gasteiger partial charge in [0.2, 0.25) is 5.91 Å². The third-order valence-electron chi connectivity index (χ3n) is 3.93. The van der Waals surface area contributed by atoms with Crippen LogP contribution in [0.4, 0.5) is 0 Å². The van der Waals surface area contributed by atoms with Gasteiger partial charge in [-0.05, 0) is 12.8 Å². The fraction of sp³-hybridized carbons (Fsp3) is 0.375. The minimum absolute atomic E-state index is 0.169. The average molecular weight is 301 g/mol. The standard InChI is InChI=1S/C16H19N3O3/c17-16(6-8-21-9-7-16)15(20)18-10-13-14(22-11-19-13)12-4-2-1-3-5-12/h1-5,11H,6-10,17H2,(H,18,20). The van der Waals surface area contributed by atoms with Gasteiger partial charge >= 0.3 is 0 Å². The first-order chi connectivity index (χ1) is 10.7. The van der Waals surface area contributed by atoms with E-state index in [4.69, 9.17) is 14.9 Å². The van der Waals surface area contributed by atoms with Gasteiger partial charge in [-0.25, -0.2) is 4.98 Å². The third kappa shape index (κ3) is 3.03. The van der Waals surface area contributed by atoms with Crippen LogP contribution < -0.4 is 11.1 Å². The number of hydrogen-bond acceptors (Lipinski definition) is 5. The number of nitrogens with one attached hydrogen (secondary N) is 1. The second-order valence-corrected chi connectivity index (χ2v) is 5.45. The van der Waals surface area contributed by atoms with Crippen molar-refractivity contribution < 1.29 is 13.9 Å². The van der Waals surface area contributed by atoms with Gasteiger partial charge in [-0.1, -0.05) is 30.3 Å². The molecule has 1 amide bonds. The second-order valence-electron chi connectivity index (χ2n) is 5.45. The number of aromatic nitrogens is 1. The molecule has 3 rings (SSSR count). The largest absolute Gasteiger partial charge is 0.443 e. The molecule has 1 saturated heterocycles. The molecule has 0 unspecified atom stereocenters. The zero-order valence-electron chi connectivity index (χ0n) is 12.2. The summed E-state index contributed by atoms with van der Waals surface area (Å²) in [5.74, 6) is 0.497. The highest BCUT2D eigenvalue weighted by Gasteiger charge is 2.35. The van der Waals surface area contributed by atoms with E-state index in [-0.39, 0.29) is 5.91 Å². The molecule has 0 atom stereocenters. The van der Waals surface area contributed by atoms with Gasteiger partial charge in [-0.3, -0.25) is 4.79 Å². The molecule has 0 bridgehead atoms. The molecule has 1 aromatic carbocycles. The van der Waals surface area contributed by atoms with E-state index in [9.17, 15) is 4.79 Å². The van der Waals surface area contributed by atoms with Crippen LogP contribution in [-0.2, 0) is 16.1 Å². The fourth-order valence-corrected chi connectivity index (χ4v) is 2.52. The van der Waals surface area contributed by atoms with Gasteiger partial charge in [-0.15, -0.1) is 0 Å². The Bertz CT molecular complexity index is 633. The monoisotopic (exact) mass is 301 g/mol. The number of rotatable bonds is 4. The number of benzene rings is 1. The molecule has 0 aliphatic carbocycles. The van der Waals surface area contributed by atoms with Crippen LogP contribution in [0.3, 0.4) is 0 Å². The third-order valence-corrected chi connectivity index (χ3v) is 3.93. The highest BCUT2D eigenvalue weighted by atomic mass is 16.5. The van der Waals surface area contributed by atoms with Crippen LogP contribution in [-0.4, -0.2) is 29.6 Å². The maximum absolute atomic E-state index is 12.3. The van der Waals surface area contributed by atoms with Crippen molar-refractivity contribution in [3.63, 3.8) is 0 Å². The summed E-state index contributed by atoms with van der Waals surface area (Å²) >= 11 is 0. The van der Waals surface area contributed by atoms with E-state index < -0.39 is 5.54 Å². The first-order valence-electron chi connectivity index (χ1n) is 7.32. The van der Waals surface area contributed by atoms with Crippen molar-refractivity contribution in [2.75, 3.05) is 13.2 Å². The van der Waals surface area contributed by atoms with E-state index in [2.05, 4.69) is 10.3 Å². The first-order valence-corrected chi connectivity index (χ1v) is 7.32. The number of carbonyl (C=O) groups is 1. The zero-order chi connectivity index (χ0) is 15.4. The summed E-state index contributed by atoms with van der Waals surface area (Å²) in [6.45, 7) is 1.33. The van der Waals surface area contributed by atoms with Gasteiger partial charge in [-0.2, -0.15) is 0 Å². The van der Waals surface area contributed by atoms with Crippen molar-refractivity contribution >= 4 is 5.91 Å². The molecule has 0 spiro atoms. The van der Waals surface area contributed by atoms with Crippen LogP contribution in [0.5, 0.6) is 0 Å². The summed E-state index contributed by atoms with van der Waals surface area (Å²) in [4.78, 5) is 16.5. The van der Waals surface area contributed by atoms with Crippen molar-refractivity contribution in [3.8, 4) is 11.3 Å². The van der Waals surface area contributed by atoms with Crippen LogP contribution in [0.15, 0.2) is 41.1 Å². The number of ether oxygens (including phenoxy) is 1. The maximum Gasteiger partial charge on any atom is 0.240 e. The predicted octanol–water partition coefficient (Wildman–Crippen LogP) is 1.47. The number of carbonyl (C=O) groups excluding carboxylic acids is 1. The topological polar surface area (TPSA) is 90.4 Å². The smallest absolute Gasteiger partial charge is 0.240 e. The quantitative estimate of drug-likeness (QED) is 0.892. The van der Waals surface area contributed by atoms with Crippen molar-refractivity contribution in [2.24, 2.45) is 5.73 Å². The zero-order valence-corrected chi connectivity index (χ0v) is 12.2. The number of nitrogens with two attached hydrogens (primary N) is 1. The van der Waals surface area contributed by atoms with Crippen LogP contribution >= 0.6 is 0 Å². The van der Waals surface area contributed by atoms with Crippen LogP contribution in [0, 0.1) is 0 Å². The minimum Gasteiger partial charge on any atom is -0.443 e. The molecule has 116 valence electrons. The van der Waals surface area contributed by atoms with E-state index in [0.717, 1.165) is 5.56 Å². The molecule has 2 heterocycles. The van der Waals surface area contributed by atoms with Gasteiger partial charge in [0, 0.05) is 18.8 Å². The summed E-state index contributed by atoms with van der Waals surface area (Å²) in [5.41, 5.74) is 6.92. The molecule has 1 fully saturated rings. The normalized spacial score (nSPS) is 17.1. The lowest BCUT2D eigenvalue weighted by Crippen LogP contribution is -2.56. The van der Waals surface area contributed by atoms with Gasteiger partial charge < -0.3 is 20.2 Å². The molecule has 1 aliphatic rings. The number of nitrogens with zero attached hydrogens (tertiary/aromatic N) is 1. The van der Waals surface area contributed by atoms with E-state index in [0.29, 0.717) is 44.1 Å². The highest BCUT2D eigenvalue weighted by molar-refractivity contribution is 5.86. The molecule has 1 aromatic heterocycles. The van der Waals surface area contributed by atoms with Crippen molar-refractivity contribution in [3.05, 3.63) is 42.4 Å². The molecule has 0 radical (unpaired) electrons. The number of oxazole rings is 1. The van der Waals surface area contributed by atoms with E-state index in [1.54, 1.807) is 0 Å². The summed E-state index contributed by atoms with van der Waals surface area (Å²) < 4.78 is 10.7. The lowest BCUT2D eigenvalue weighted by atomic mass is 9.90. The predicted molar refractivity (Wildman–Crippen MR) is 80.8 cm³/mol. The van der Waals surface area contributed by atoms with E-state index in [1.807, 2.05) is 30.3 Å². The van der Waals surface area contributed by atoms with Crippen LogP contribution in [0.1, 0.15) is 18.5 Å². The summed E-state index contributed by atoms with van der Waals surface area (Å²) in [6, 6.07) is 9.67. The van der Waals surface area contributed by atoms with E-state index >= 15 is 0 Å². The molecule has 0 saturated carbocycles. The molecule has 3 N–H and O–H groups in total. The lowest BCUT2D eigenvalue weighted by Gasteiger charge is -2.31. The average Bonchev–Trinajstić information content (AvgIpc) is 3.02. The SMILES string of the molecule is NC1(C(=O)NCc2ncoc2-c2ccccc2)CCOCC1. The van der Waals surface area contributed by atoms with Gasteiger partial charge in [0.25, 0.3) is 0 Å². The number of hydrogen-bond donors (Lipinski definition) is 2. The molecule has 1 aliphatic heterocycles. The van der Waals surface area contributed by atoms with Crippen LogP contribution in [0.25, 0.3) is 11.3 Å². The Labute approximate surface area is 128 Å². The molecule has 6 heteroatoms. The number of amides is 1. The summed E-state index contributed by atoms with van der Waals surface area (Å²) in [6.07, 6.45) is 2.45. The Morgan fingerprint density at radius 2 is 2.00 bits per heavy atom. The summed E-state index contributed by atoms with van der Waals surface area (Å²) in [5, 5.41) is 2.86. The minimum atomic E-state index is -0.852. The van der Waals surface area contributed by atoms with Crippen molar-refractivity contribution in [1.82, 2.24) is 10.3 Å². The van der Waals surface area contributed by atoms with Crippen molar-refractivity contribution in [1.29, 1.82) is 0 Å². The Hall–Kier alpha value is -2.18. The first kappa shape index (κ1) is 14.7.